The molecule has 1 radical (unpaired) electrons. The molecule has 0 rings (SSSR count). The van der Waals surface area contributed by atoms with Crippen molar-refractivity contribution < 1.29 is 4.74 Å². The zero-order chi connectivity index (χ0) is 6.24. The lowest BCUT2D eigenvalue weighted by Crippen LogP contribution is -2.00. The van der Waals surface area contributed by atoms with E-state index in [1.54, 1.807) is 7.11 Å². The van der Waals surface area contributed by atoms with Crippen molar-refractivity contribution in [2.75, 3.05) is 27.3 Å². The van der Waals surface area contributed by atoms with E-state index in [2.05, 4.69) is 5.32 Å². The Morgan fingerprint density at radius 2 is 2.12 bits per heavy atom. The standard InChI is InChI=1S/C6H14NO/c1-7-5-3-4-6-8-2/h3-6H2,1-2H3. The molecule has 0 aromatic carbocycles. The number of rotatable bonds is 5. The fraction of sp³-hybridized carbons (Fsp3) is 1.00. The molecule has 0 bridgehead atoms. The topological polar surface area (TPSA) is 23.3 Å². The molecule has 0 fully saturated rings. The van der Waals surface area contributed by atoms with Crippen LogP contribution in [0.25, 0.3) is 0 Å². The van der Waals surface area contributed by atoms with Crippen LogP contribution in [-0.2, 0) is 4.74 Å². The van der Waals surface area contributed by atoms with E-state index in [0.29, 0.717) is 0 Å². The molecule has 49 valence electrons. The summed E-state index contributed by atoms with van der Waals surface area (Å²) < 4.78 is 4.85. The molecule has 0 aliphatic carbocycles. The SMILES string of the molecule is C[N]CCCCOC. The van der Waals surface area contributed by atoms with E-state index in [1.165, 1.54) is 0 Å². The molecular weight excluding hydrogens is 102 g/mol. The van der Waals surface area contributed by atoms with Gasteiger partial charge in [0, 0.05) is 27.3 Å². The summed E-state index contributed by atoms with van der Waals surface area (Å²) in [7, 11) is 3.57. The van der Waals surface area contributed by atoms with Crippen LogP contribution < -0.4 is 5.32 Å². The summed E-state index contributed by atoms with van der Waals surface area (Å²) in [5.74, 6) is 0. The molecule has 0 aliphatic heterocycles. The van der Waals surface area contributed by atoms with Gasteiger partial charge in [-0.15, -0.1) is 0 Å². The Labute approximate surface area is 51.2 Å². The first kappa shape index (κ1) is 7.92. The van der Waals surface area contributed by atoms with Crippen LogP contribution in [-0.4, -0.2) is 27.3 Å². The van der Waals surface area contributed by atoms with Crippen LogP contribution in [0.5, 0.6) is 0 Å². The van der Waals surface area contributed by atoms with E-state index in [9.17, 15) is 0 Å². The minimum atomic E-state index is 0.871. The van der Waals surface area contributed by atoms with Crippen molar-refractivity contribution in [3.05, 3.63) is 0 Å². The maximum atomic E-state index is 4.85. The summed E-state index contributed by atoms with van der Waals surface area (Å²) in [6, 6.07) is 0. The highest BCUT2D eigenvalue weighted by Gasteiger charge is 1.83. The molecule has 0 unspecified atom stereocenters. The third-order valence-electron chi connectivity index (χ3n) is 0.980. The van der Waals surface area contributed by atoms with E-state index in [0.717, 1.165) is 26.0 Å². The highest BCUT2D eigenvalue weighted by atomic mass is 16.5. The average molecular weight is 116 g/mol. The summed E-state index contributed by atoms with van der Waals surface area (Å²) >= 11 is 0. The van der Waals surface area contributed by atoms with Crippen LogP contribution in [0.2, 0.25) is 0 Å². The zero-order valence-electron chi connectivity index (χ0n) is 5.68. The predicted molar refractivity (Wildman–Crippen MR) is 34.0 cm³/mol. The lowest BCUT2D eigenvalue weighted by atomic mass is 10.3. The minimum Gasteiger partial charge on any atom is -0.385 e. The van der Waals surface area contributed by atoms with E-state index >= 15 is 0 Å². The molecule has 0 atom stereocenters. The summed E-state index contributed by atoms with van der Waals surface area (Å²) in [5.41, 5.74) is 0. The summed E-state index contributed by atoms with van der Waals surface area (Å²) in [4.78, 5) is 0. The molecule has 0 saturated heterocycles. The Kier molecular flexibility index (Phi) is 6.85. The number of hydrogen-bond acceptors (Lipinski definition) is 1. The van der Waals surface area contributed by atoms with Gasteiger partial charge in [-0.2, -0.15) is 0 Å². The summed E-state index contributed by atoms with van der Waals surface area (Å²) in [6.07, 6.45) is 2.29. The number of hydrogen-bond donors (Lipinski definition) is 0. The first-order chi connectivity index (χ1) is 3.91. The van der Waals surface area contributed by atoms with Crippen LogP contribution in [0.1, 0.15) is 12.8 Å². The predicted octanol–water partition coefficient (Wildman–Crippen LogP) is 0.647. The monoisotopic (exact) mass is 116 g/mol. The number of methoxy groups -OCH3 is 1. The van der Waals surface area contributed by atoms with Gasteiger partial charge in [-0.1, -0.05) is 0 Å². The highest BCUT2D eigenvalue weighted by Crippen LogP contribution is 1.85. The molecule has 0 N–H and O–H groups in total. The fourth-order valence-corrected chi connectivity index (χ4v) is 0.516. The lowest BCUT2D eigenvalue weighted by molar-refractivity contribution is 0.193. The van der Waals surface area contributed by atoms with Gasteiger partial charge >= 0.3 is 0 Å². The van der Waals surface area contributed by atoms with Crippen LogP contribution in [0.3, 0.4) is 0 Å². The Hall–Kier alpha value is -0.0800. The quantitative estimate of drug-likeness (QED) is 0.484. The second-order valence-corrected chi connectivity index (χ2v) is 1.74. The molecule has 8 heavy (non-hydrogen) atoms. The zero-order valence-corrected chi connectivity index (χ0v) is 5.68. The van der Waals surface area contributed by atoms with Gasteiger partial charge in [0.05, 0.1) is 0 Å². The van der Waals surface area contributed by atoms with Crippen LogP contribution in [0, 0.1) is 0 Å². The molecule has 0 spiro atoms. The first-order valence-electron chi connectivity index (χ1n) is 2.96. The number of unbranched alkanes of at least 4 members (excludes halogenated alkanes) is 1. The molecule has 2 heteroatoms. The van der Waals surface area contributed by atoms with Crippen LogP contribution in [0.15, 0.2) is 0 Å². The van der Waals surface area contributed by atoms with E-state index < -0.39 is 0 Å². The molecule has 0 aliphatic rings. The average Bonchev–Trinajstić information content (AvgIpc) is 1.81. The van der Waals surface area contributed by atoms with Gasteiger partial charge in [0.1, 0.15) is 0 Å². The van der Waals surface area contributed by atoms with Gasteiger partial charge in [-0.25, -0.2) is 5.32 Å². The fourth-order valence-electron chi connectivity index (χ4n) is 0.516. The largest absolute Gasteiger partial charge is 0.385 e. The van der Waals surface area contributed by atoms with Gasteiger partial charge in [-0.05, 0) is 12.8 Å². The normalized spacial score (nSPS) is 9.75. The Balaban J connectivity index is 2.53. The first-order valence-corrected chi connectivity index (χ1v) is 2.96. The van der Waals surface area contributed by atoms with E-state index in [-0.39, 0.29) is 0 Å². The summed E-state index contributed by atoms with van der Waals surface area (Å²) in [5, 5.41) is 3.95. The molecular formula is C6H14NO. The third-order valence-corrected chi connectivity index (χ3v) is 0.980. The summed E-state index contributed by atoms with van der Waals surface area (Å²) in [6.45, 7) is 1.85. The van der Waals surface area contributed by atoms with Crippen molar-refractivity contribution in [3.8, 4) is 0 Å². The van der Waals surface area contributed by atoms with E-state index in [4.69, 9.17) is 4.74 Å². The Morgan fingerprint density at radius 1 is 1.38 bits per heavy atom. The van der Waals surface area contributed by atoms with Crippen LogP contribution >= 0.6 is 0 Å². The molecule has 0 aromatic heterocycles. The van der Waals surface area contributed by atoms with Crippen molar-refractivity contribution >= 4 is 0 Å². The highest BCUT2D eigenvalue weighted by molar-refractivity contribution is 4.39. The molecule has 2 nitrogen and oxygen atoms in total. The van der Waals surface area contributed by atoms with Gasteiger partial charge in [0.15, 0.2) is 0 Å². The lowest BCUT2D eigenvalue weighted by Gasteiger charge is -1.95. The molecule has 0 heterocycles. The molecule has 0 saturated carbocycles. The number of ether oxygens (including phenoxy) is 1. The second-order valence-electron chi connectivity index (χ2n) is 1.74. The van der Waals surface area contributed by atoms with Crippen molar-refractivity contribution in [1.82, 2.24) is 5.32 Å². The smallest absolute Gasteiger partial charge is 0.0462 e. The molecule has 0 aromatic rings. The van der Waals surface area contributed by atoms with Crippen LogP contribution in [0.4, 0.5) is 0 Å². The maximum absolute atomic E-state index is 4.85. The van der Waals surface area contributed by atoms with Crippen molar-refractivity contribution in [3.63, 3.8) is 0 Å². The Bertz CT molecular complexity index is 33.5. The van der Waals surface area contributed by atoms with Crippen molar-refractivity contribution in [2.45, 2.75) is 12.8 Å². The second kappa shape index (κ2) is 6.92. The number of nitrogens with zero attached hydrogens (tertiary/aromatic N) is 1. The third kappa shape index (κ3) is 5.92. The van der Waals surface area contributed by atoms with Crippen molar-refractivity contribution in [2.24, 2.45) is 0 Å². The van der Waals surface area contributed by atoms with Gasteiger partial charge in [-0.3, -0.25) is 0 Å². The minimum absolute atomic E-state index is 0.871. The van der Waals surface area contributed by atoms with E-state index in [1.807, 2.05) is 7.05 Å². The van der Waals surface area contributed by atoms with Crippen molar-refractivity contribution in [1.29, 1.82) is 0 Å². The Morgan fingerprint density at radius 3 is 2.62 bits per heavy atom. The van der Waals surface area contributed by atoms with Gasteiger partial charge in [0.2, 0.25) is 0 Å². The molecule has 0 amide bonds. The van der Waals surface area contributed by atoms with Gasteiger partial charge < -0.3 is 4.74 Å². The van der Waals surface area contributed by atoms with Gasteiger partial charge in [0.25, 0.3) is 0 Å². The maximum Gasteiger partial charge on any atom is 0.0462 e.